The Bertz CT molecular complexity index is 1140. The molecule has 1 fully saturated rings. The number of amides is 1. The predicted octanol–water partition coefficient (Wildman–Crippen LogP) is 7.17. The molecule has 2 aromatic carbocycles. The predicted molar refractivity (Wildman–Crippen MR) is 138 cm³/mol. The lowest BCUT2D eigenvalue weighted by atomic mass is 9.89. The third-order valence-electron chi connectivity index (χ3n) is 6.56. The molecular formula is C29H33ClN2O. The van der Waals surface area contributed by atoms with Crippen LogP contribution < -0.4 is 0 Å². The van der Waals surface area contributed by atoms with E-state index in [1.165, 1.54) is 0 Å². The number of pyridine rings is 1. The molecule has 1 saturated heterocycles. The van der Waals surface area contributed by atoms with Gasteiger partial charge in [0.2, 0.25) is 5.91 Å². The zero-order valence-corrected chi connectivity index (χ0v) is 20.8. The number of carbonyl (C=O) groups excluding carboxylic acids is 1. The lowest BCUT2D eigenvalue weighted by Gasteiger charge is -2.30. The summed E-state index contributed by atoms with van der Waals surface area (Å²) in [6.07, 6.45) is 4.47. The molecule has 4 heteroatoms. The zero-order valence-electron chi connectivity index (χ0n) is 20.1. The summed E-state index contributed by atoms with van der Waals surface area (Å²) in [5.41, 5.74) is 6.35. The van der Waals surface area contributed by atoms with E-state index in [2.05, 4.69) is 63.0 Å². The van der Waals surface area contributed by atoms with E-state index in [-0.39, 0.29) is 11.3 Å². The minimum absolute atomic E-state index is 0.00333. The summed E-state index contributed by atoms with van der Waals surface area (Å²) in [4.78, 5) is 19.3. The molecule has 4 rings (SSSR count). The highest BCUT2D eigenvalue weighted by Crippen LogP contribution is 2.33. The number of hydrogen-bond donors (Lipinski definition) is 0. The van der Waals surface area contributed by atoms with Crippen LogP contribution in [0.5, 0.6) is 0 Å². The zero-order chi connectivity index (χ0) is 23.6. The fraction of sp³-hybridized carbons (Fsp3) is 0.379. The monoisotopic (exact) mass is 460 g/mol. The third-order valence-corrected chi connectivity index (χ3v) is 6.87. The Hall–Kier alpha value is -2.65. The summed E-state index contributed by atoms with van der Waals surface area (Å²) in [5.74, 6) is 0.908. The van der Waals surface area contributed by atoms with Crippen molar-refractivity contribution in [3.8, 4) is 22.3 Å². The van der Waals surface area contributed by atoms with Gasteiger partial charge < -0.3 is 4.90 Å². The van der Waals surface area contributed by atoms with Crippen molar-refractivity contribution in [1.82, 2.24) is 9.88 Å². The second-order valence-corrected chi connectivity index (χ2v) is 10.7. The fourth-order valence-corrected chi connectivity index (χ4v) is 4.65. The van der Waals surface area contributed by atoms with Crippen LogP contribution in [0.1, 0.15) is 51.8 Å². The topological polar surface area (TPSA) is 33.2 Å². The Labute approximate surface area is 202 Å². The Morgan fingerprint density at radius 1 is 1.00 bits per heavy atom. The molecule has 3 nitrogen and oxygen atoms in total. The van der Waals surface area contributed by atoms with Crippen LogP contribution in [0.3, 0.4) is 0 Å². The highest BCUT2D eigenvalue weighted by Gasteiger charge is 2.21. The second kappa shape index (κ2) is 9.69. The molecule has 0 aliphatic carbocycles. The van der Waals surface area contributed by atoms with Crippen molar-refractivity contribution in [2.45, 2.75) is 52.4 Å². The van der Waals surface area contributed by atoms with Gasteiger partial charge in [0.05, 0.1) is 6.42 Å². The first-order valence-corrected chi connectivity index (χ1v) is 12.2. The van der Waals surface area contributed by atoms with Crippen molar-refractivity contribution in [2.24, 2.45) is 5.92 Å². The lowest BCUT2D eigenvalue weighted by Crippen LogP contribution is -2.38. The number of nitrogens with zero attached hydrogens (tertiary/aromatic N) is 2. The summed E-state index contributed by atoms with van der Waals surface area (Å²) in [6.45, 7) is 10.5. The van der Waals surface area contributed by atoms with Gasteiger partial charge in [0.15, 0.2) is 0 Å². The highest BCUT2D eigenvalue weighted by molar-refractivity contribution is 6.33. The summed E-state index contributed by atoms with van der Waals surface area (Å²) in [7, 11) is 0. The number of halogens is 1. The normalized spacial score (nSPS) is 15.0. The van der Waals surface area contributed by atoms with Gasteiger partial charge in [-0.05, 0) is 65.3 Å². The Kier molecular flexibility index (Phi) is 6.90. The lowest BCUT2D eigenvalue weighted by molar-refractivity contribution is -0.131. The molecule has 1 aliphatic rings. The van der Waals surface area contributed by atoms with E-state index in [0.29, 0.717) is 17.4 Å². The molecule has 1 amide bonds. The van der Waals surface area contributed by atoms with Crippen molar-refractivity contribution in [2.75, 3.05) is 13.1 Å². The molecule has 0 bridgehead atoms. The van der Waals surface area contributed by atoms with Gasteiger partial charge in [0.1, 0.15) is 0 Å². The number of rotatable bonds is 4. The maximum absolute atomic E-state index is 12.7. The molecule has 0 atom stereocenters. The Morgan fingerprint density at radius 2 is 1.70 bits per heavy atom. The maximum atomic E-state index is 12.7. The quantitative estimate of drug-likeness (QED) is 0.413. The van der Waals surface area contributed by atoms with Crippen LogP contribution in [-0.4, -0.2) is 28.9 Å². The van der Waals surface area contributed by atoms with Gasteiger partial charge in [-0.15, -0.1) is 0 Å². The molecule has 1 aromatic heterocycles. The number of benzene rings is 2. The van der Waals surface area contributed by atoms with Crippen LogP contribution in [0.2, 0.25) is 5.02 Å². The summed E-state index contributed by atoms with van der Waals surface area (Å²) >= 11 is 6.70. The van der Waals surface area contributed by atoms with E-state index in [1.54, 1.807) is 0 Å². The van der Waals surface area contributed by atoms with Crippen LogP contribution in [0.25, 0.3) is 22.3 Å². The number of hydrogen-bond acceptors (Lipinski definition) is 2. The molecule has 172 valence electrons. The first kappa shape index (κ1) is 23.5. The minimum atomic E-state index is -0.00333. The van der Waals surface area contributed by atoms with E-state index in [0.717, 1.165) is 59.4 Å². The fourth-order valence-electron chi connectivity index (χ4n) is 4.33. The molecule has 33 heavy (non-hydrogen) atoms. The van der Waals surface area contributed by atoms with E-state index >= 15 is 0 Å². The summed E-state index contributed by atoms with van der Waals surface area (Å²) in [6, 6.07) is 18.6. The average Bonchev–Trinajstić information content (AvgIpc) is 2.79. The molecule has 0 radical (unpaired) electrons. The molecule has 3 aromatic rings. The van der Waals surface area contributed by atoms with E-state index < -0.39 is 0 Å². The summed E-state index contributed by atoms with van der Waals surface area (Å²) < 4.78 is 0. The van der Waals surface area contributed by atoms with Gasteiger partial charge in [-0.25, -0.2) is 0 Å². The standard InChI is InChI=1S/C29H33ClN2O/c1-20-11-14-32(15-12-20)28(33)17-21-8-9-25(26(30)16-21)24-7-5-6-22(18-24)23-10-13-31-27(19-23)29(2,3)4/h5-10,13,16,18-20H,11-12,14-15,17H2,1-4H3. The van der Waals surface area contributed by atoms with Crippen LogP contribution in [-0.2, 0) is 16.6 Å². The Morgan fingerprint density at radius 3 is 2.39 bits per heavy atom. The first-order valence-electron chi connectivity index (χ1n) is 11.8. The molecule has 0 saturated carbocycles. The van der Waals surface area contributed by atoms with Gasteiger partial charge in [-0.2, -0.15) is 0 Å². The average molecular weight is 461 g/mol. The van der Waals surface area contributed by atoms with Gasteiger partial charge in [-0.3, -0.25) is 9.78 Å². The minimum Gasteiger partial charge on any atom is -0.342 e. The van der Waals surface area contributed by atoms with Crippen LogP contribution in [0, 0.1) is 5.92 Å². The van der Waals surface area contributed by atoms with E-state index in [4.69, 9.17) is 11.6 Å². The van der Waals surface area contributed by atoms with E-state index in [1.807, 2.05) is 35.4 Å². The number of carbonyl (C=O) groups is 1. The van der Waals surface area contributed by atoms with Crippen molar-refractivity contribution in [1.29, 1.82) is 0 Å². The number of piperidine rings is 1. The number of likely N-dealkylation sites (tertiary alicyclic amines) is 1. The van der Waals surface area contributed by atoms with Crippen LogP contribution in [0.4, 0.5) is 0 Å². The molecule has 2 heterocycles. The molecular weight excluding hydrogens is 428 g/mol. The summed E-state index contributed by atoms with van der Waals surface area (Å²) in [5, 5.41) is 0.676. The van der Waals surface area contributed by atoms with Gasteiger partial charge in [0.25, 0.3) is 0 Å². The molecule has 0 N–H and O–H groups in total. The van der Waals surface area contributed by atoms with Crippen molar-refractivity contribution >= 4 is 17.5 Å². The van der Waals surface area contributed by atoms with Crippen LogP contribution in [0.15, 0.2) is 60.8 Å². The van der Waals surface area contributed by atoms with Crippen LogP contribution >= 0.6 is 11.6 Å². The maximum Gasteiger partial charge on any atom is 0.226 e. The van der Waals surface area contributed by atoms with Gasteiger partial charge in [0, 0.05) is 41.0 Å². The molecule has 0 spiro atoms. The van der Waals surface area contributed by atoms with Crippen molar-refractivity contribution in [3.63, 3.8) is 0 Å². The first-order chi connectivity index (χ1) is 15.7. The SMILES string of the molecule is CC1CCN(C(=O)Cc2ccc(-c3cccc(-c4ccnc(C(C)(C)C)c4)c3)c(Cl)c2)CC1. The highest BCUT2D eigenvalue weighted by atomic mass is 35.5. The van der Waals surface area contributed by atoms with Crippen molar-refractivity contribution < 1.29 is 4.79 Å². The largest absolute Gasteiger partial charge is 0.342 e. The Balaban J connectivity index is 1.54. The smallest absolute Gasteiger partial charge is 0.226 e. The van der Waals surface area contributed by atoms with E-state index in [9.17, 15) is 4.79 Å². The van der Waals surface area contributed by atoms with Gasteiger partial charge in [-0.1, -0.05) is 69.6 Å². The second-order valence-electron chi connectivity index (χ2n) is 10.3. The molecule has 1 aliphatic heterocycles. The van der Waals surface area contributed by atoms with Gasteiger partial charge >= 0.3 is 0 Å². The number of aromatic nitrogens is 1. The molecule has 0 unspecified atom stereocenters. The van der Waals surface area contributed by atoms with Crippen molar-refractivity contribution in [3.05, 3.63) is 77.1 Å². The third kappa shape index (κ3) is 5.65.